The Kier molecular flexibility index (Phi) is 3.85. The third kappa shape index (κ3) is 3.04. The van der Waals surface area contributed by atoms with Gasteiger partial charge in [0, 0.05) is 6.08 Å². The van der Waals surface area contributed by atoms with E-state index in [1.54, 1.807) is 6.07 Å². The van der Waals surface area contributed by atoms with Crippen LogP contribution in [0.25, 0.3) is 0 Å². The van der Waals surface area contributed by atoms with Crippen LogP contribution in [0.15, 0.2) is 35.2 Å². The summed E-state index contributed by atoms with van der Waals surface area (Å²) in [5.41, 5.74) is 0.0374. The third-order valence-corrected chi connectivity index (χ3v) is 3.13. The number of amides is 3. The van der Waals surface area contributed by atoms with Crippen LogP contribution in [0.1, 0.15) is 10.4 Å². The van der Waals surface area contributed by atoms with E-state index in [0.29, 0.717) is 11.8 Å². The molecular weight excluding hydrogens is 284 g/mol. The molecule has 0 aliphatic carbocycles. The molecule has 0 bridgehead atoms. The molecule has 2 rings (SSSR count). The minimum atomic E-state index is -1.18. The number of carbonyl (C=O) groups excluding carboxylic acids is 3. The quantitative estimate of drug-likeness (QED) is 0.721. The molecule has 1 aromatic rings. The van der Waals surface area contributed by atoms with Gasteiger partial charge in [-0.05, 0) is 23.9 Å². The van der Waals surface area contributed by atoms with Crippen molar-refractivity contribution in [3.05, 3.63) is 40.8 Å². The van der Waals surface area contributed by atoms with E-state index in [0.717, 1.165) is 6.08 Å². The smallest absolute Gasteiger partial charge is 0.337 e. The normalized spacial score (nSPS) is 16.1. The number of imide groups is 1. The van der Waals surface area contributed by atoms with Gasteiger partial charge in [-0.15, -0.1) is 0 Å². The minimum Gasteiger partial charge on any atom is -0.478 e. The van der Waals surface area contributed by atoms with Crippen molar-refractivity contribution in [2.75, 3.05) is 5.32 Å². The molecular formula is C12H8N2O5S. The number of nitrogens with one attached hydrogen (secondary N) is 2. The first kappa shape index (κ1) is 13.8. The number of carboxylic acid groups (broad SMARTS) is 1. The number of hydrogen-bond acceptors (Lipinski definition) is 5. The van der Waals surface area contributed by atoms with Gasteiger partial charge in [0.05, 0.1) is 16.2 Å². The van der Waals surface area contributed by atoms with Crippen molar-refractivity contribution in [2.45, 2.75) is 0 Å². The van der Waals surface area contributed by atoms with Crippen molar-refractivity contribution in [3.63, 3.8) is 0 Å². The van der Waals surface area contributed by atoms with E-state index in [1.165, 1.54) is 18.2 Å². The summed E-state index contributed by atoms with van der Waals surface area (Å²) in [7, 11) is 0. The lowest BCUT2D eigenvalue weighted by molar-refractivity contribution is -0.116. The molecule has 0 radical (unpaired) electrons. The van der Waals surface area contributed by atoms with Crippen LogP contribution in [-0.4, -0.2) is 28.1 Å². The van der Waals surface area contributed by atoms with Crippen LogP contribution in [0.4, 0.5) is 10.5 Å². The molecule has 1 aliphatic heterocycles. The van der Waals surface area contributed by atoms with Gasteiger partial charge in [-0.3, -0.25) is 19.7 Å². The van der Waals surface area contributed by atoms with Gasteiger partial charge in [0.2, 0.25) is 5.91 Å². The topological polar surface area (TPSA) is 113 Å². The van der Waals surface area contributed by atoms with Gasteiger partial charge in [-0.1, -0.05) is 12.1 Å². The van der Waals surface area contributed by atoms with Crippen molar-refractivity contribution < 1.29 is 24.3 Å². The molecule has 102 valence electrons. The minimum absolute atomic E-state index is 0.0414. The van der Waals surface area contributed by atoms with Gasteiger partial charge in [-0.25, -0.2) is 4.79 Å². The molecule has 7 nitrogen and oxygen atoms in total. The molecule has 8 heteroatoms. The summed E-state index contributed by atoms with van der Waals surface area (Å²) in [6.07, 6.45) is 0.948. The monoisotopic (exact) mass is 292 g/mol. The van der Waals surface area contributed by atoms with Crippen LogP contribution in [0.2, 0.25) is 0 Å². The molecule has 1 aromatic carbocycles. The molecule has 1 heterocycles. The van der Waals surface area contributed by atoms with Crippen molar-refractivity contribution in [1.29, 1.82) is 0 Å². The zero-order valence-electron chi connectivity index (χ0n) is 9.88. The van der Waals surface area contributed by atoms with Crippen LogP contribution in [0.3, 0.4) is 0 Å². The Balaban J connectivity index is 2.17. The van der Waals surface area contributed by atoms with E-state index >= 15 is 0 Å². The first-order valence-corrected chi connectivity index (χ1v) is 6.17. The number of hydrogen-bond donors (Lipinski definition) is 3. The van der Waals surface area contributed by atoms with E-state index in [1.807, 2.05) is 5.32 Å². The van der Waals surface area contributed by atoms with Gasteiger partial charge < -0.3 is 10.4 Å². The number of carboxylic acids is 1. The predicted octanol–water partition coefficient (Wildman–Crippen LogP) is 1.19. The standard InChI is InChI=1S/C12H8N2O5S/c15-9(5-8-10(16)14-12(19)20-8)13-7-4-2-1-3-6(7)11(17)18/h1-5H,(H,13,15)(H,17,18)(H,14,16,19). The van der Waals surface area contributed by atoms with Crippen LogP contribution >= 0.6 is 11.8 Å². The highest BCUT2D eigenvalue weighted by molar-refractivity contribution is 8.18. The highest BCUT2D eigenvalue weighted by Crippen LogP contribution is 2.23. The Labute approximate surface area is 117 Å². The molecule has 0 saturated carbocycles. The fourth-order valence-corrected chi connectivity index (χ4v) is 2.14. The summed E-state index contributed by atoms with van der Waals surface area (Å²) in [6, 6.07) is 5.85. The van der Waals surface area contributed by atoms with Gasteiger partial charge in [0.25, 0.3) is 11.1 Å². The van der Waals surface area contributed by atoms with Crippen LogP contribution < -0.4 is 10.6 Å². The highest BCUT2D eigenvalue weighted by atomic mass is 32.2. The maximum Gasteiger partial charge on any atom is 0.337 e. The summed E-state index contributed by atoms with van der Waals surface area (Å²) in [5.74, 6) is -2.52. The molecule has 1 fully saturated rings. The number of anilines is 1. The average Bonchev–Trinajstić information content (AvgIpc) is 2.68. The maximum absolute atomic E-state index is 11.7. The van der Waals surface area contributed by atoms with Gasteiger partial charge in [0.1, 0.15) is 0 Å². The van der Waals surface area contributed by atoms with E-state index < -0.39 is 23.0 Å². The second-order valence-corrected chi connectivity index (χ2v) is 4.71. The van der Waals surface area contributed by atoms with Crippen LogP contribution in [0, 0.1) is 0 Å². The number of rotatable bonds is 3. The number of para-hydroxylation sites is 1. The predicted molar refractivity (Wildman–Crippen MR) is 71.2 cm³/mol. The average molecular weight is 292 g/mol. The number of thioether (sulfide) groups is 1. The first-order chi connectivity index (χ1) is 9.47. The number of carbonyl (C=O) groups is 4. The highest BCUT2D eigenvalue weighted by Gasteiger charge is 2.26. The molecule has 0 atom stereocenters. The first-order valence-electron chi connectivity index (χ1n) is 5.35. The molecule has 0 spiro atoms. The molecule has 20 heavy (non-hydrogen) atoms. The summed E-state index contributed by atoms with van der Waals surface area (Å²) in [6.45, 7) is 0. The van der Waals surface area contributed by atoms with E-state index in [9.17, 15) is 19.2 Å². The van der Waals surface area contributed by atoms with Crippen LogP contribution in [0.5, 0.6) is 0 Å². The SMILES string of the molecule is O=C(C=C1SC(=O)NC1=O)Nc1ccccc1C(=O)O. The van der Waals surface area contributed by atoms with E-state index in [-0.39, 0.29) is 16.2 Å². The lowest BCUT2D eigenvalue weighted by Gasteiger charge is -2.05. The van der Waals surface area contributed by atoms with Crippen molar-refractivity contribution in [3.8, 4) is 0 Å². The van der Waals surface area contributed by atoms with E-state index in [4.69, 9.17) is 5.11 Å². The Morgan fingerprint density at radius 2 is 1.95 bits per heavy atom. The third-order valence-electron chi connectivity index (χ3n) is 2.32. The molecule has 0 unspecified atom stereocenters. The summed E-state index contributed by atoms with van der Waals surface area (Å²) >= 11 is 0.607. The Hall–Kier alpha value is -2.61. The lowest BCUT2D eigenvalue weighted by atomic mass is 10.2. The second kappa shape index (κ2) is 5.57. The summed E-state index contributed by atoms with van der Waals surface area (Å²) < 4.78 is 0. The zero-order chi connectivity index (χ0) is 14.7. The Morgan fingerprint density at radius 3 is 2.55 bits per heavy atom. The molecule has 1 aliphatic rings. The van der Waals surface area contributed by atoms with Gasteiger partial charge >= 0.3 is 5.97 Å². The fraction of sp³-hybridized carbons (Fsp3) is 0. The van der Waals surface area contributed by atoms with Crippen LogP contribution in [-0.2, 0) is 9.59 Å². The number of benzene rings is 1. The Bertz CT molecular complexity index is 653. The van der Waals surface area contributed by atoms with Gasteiger partial charge in [-0.2, -0.15) is 0 Å². The second-order valence-electron chi connectivity index (χ2n) is 3.69. The van der Waals surface area contributed by atoms with E-state index in [2.05, 4.69) is 5.32 Å². The van der Waals surface area contributed by atoms with Gasteiger partial charge in [0.15, 0.2) is 0 Å². The maximum atomic E-state index is 11.7. The van der Waals surface area contributed by atoms with Crippen molar-refractivity contribution in [1.82, 2.24) is 5.32 Å². The molecule has 0 aromatic heterocycles. The lowest BCUT2D eigenvalue weighted by Crippen LogP contribution is -2.19. The van der Waals surface area contributed by atoms with Crippen molar-refractivity contribution >= 4 is 40.5 Å². The zero-order valence-corrected chi connectivity index (χ0v) is 10.7. The number of aromatic carboxylic acids is 1. The molecule has 3 N–H and O–H groups in total. The molecule has 3 amide bonds. The fourth-order valence-electron chi connectivity index (χ4n) is 1.49. The van der Waals surface area contributed by atoms with Crippen molar-refractivity contribution in [2.24, 2.45) is 0 Å². The summed E-state index contributed by atoms with van der Waals surface area (Å²) in [5, 5.41) is 12.8. The largest absolute Gasteiger partial charge is 0.478 e. The molecule has 1 saturated heterocycles. The Morgan fingerprint density at radius 1 is 1.25 bits per heavy atom. The summed E-state index contributed by atoms with van der Waals surface area (Å²) in [4.78, 5) is 44.8.